The van der Waals surface area contributed by atoms with Gasteiger partial charge in [0.2, 0.25) is 5.60 Å². The van der Waals surface area contributed by atoms with Gasteiger partial charge >= 0.3 is 0 Å². The predicted molar refractivity (Wildman–Crippen MR) is 48.9 cm³/mol. The molecule has 2 nitrogen and oxygen atoms in total. The van der Waals surface area contributed by atoms with E-state index in [-0.39, 0.29) is 5.60 Å². The third kappa shape index (κ3) is 0.976. The molecule has 0 N–H and O–H groups in total. The highest BCUT2D eigenvalue weighted by atomic mass is 16.6. The van der Waals surface area contributed by atoms with Crippen LogP contribution in [0, 0.1) is 11.3 Å². The van der Waals surface area contributed by atoms with Gasteiger partial charge in [-0.2, -0.15) is 5.26 Å². The summed E-state index contributed by atoms with van der Waals surface area (Å²) >= 11 is 0. The topological polar surface area (TPSA) is 36.3 Å². The van der Waals surface area contributed by atoms with Crippen molar-refractivity contribution in [3.63, 3.8) is 0 Å². The standard InChI is InChI=1S/C11H11NO/c1-10(2)11(8-12,13-10)9-6-4-3-5-7-9/h3-7H,1-2H3. The van der Waals surface area contributed by atoms with Gasteiger partial charge in [0.05, 0.1) is 0 Å². The van der Waals surface area contributed by atoms with Gasteiger partial charge in [0.15, 0.2) is 0 Å². The van der Waals surface area contributed by atoms with Crippen LogP contribution in [0.1, 0.15) is 19.4 Å². The lowest BCUT2D eigenvalue weighted by molar-refractivity contribution is 0.304. The largest absolute Gasteiger partial charge is 0.343 e. The molecule has 2 heteroatoms. The minimum Gasteiger partial charge on any atom is -0.343 e. The summed E-state index contributed by atoms with van der Waals surface area (Å²) < 4.78 is 5.47. The SMILES string of the molecule is CC1(C)OC1(C#N)c1ccccc1. The van der Waals surface area contributed by atoms with E-state index in [1.807, 2.05) is 44.2 Å². The van der Waals surface area contributed by atoms with Gasteiger partial charge in [-0.15, -0.1) is 0 Å². The number of epoxide rings is 1. The lowest BCUT2D eigenvalue weighted by Gasteiger charge is -2.05. The summed E-state index contributed by atoms with van der Waals surface area (Å²) in [5.41, 5.74) is -0.111. The van der Waals surface area contributed by atoms with Crippen LogP contribution in [0.3, 0.4) is 0 Å². The normalized spacial score (nSPS) is 29.3. The molecule has 1 aromatic rings. The monoisotopic (exact) mass is 173 g/mol. The zero-order valence-electron chi connectivity index (χ0n) is 7.74. The van der Waals surface area contributed by atoms with Gasteiger partial charge < -0.3 is 4.74 Å². The van der Waals surface area contributed by atoms with Crippen molar-refractivity contribution >= 4 is 0 Å². The molecule has 0 amide bonds. The Kier molecular flexibility index (Phi) is 1.49. The number of ether oxygens (including phenoxy) is 1. The summed E-state index contributed by atoms with van der Waals surface area (Å²) in [5.74, 6) is 0. The van der Waals surface area contributed by atoms with Gasteiger partial charge in [-0.3, -0.25) is 0 Å². The second-order valence-electron chi connectivity index (χ2n) is 3.77. The number of benzene rings is 1. The molecule has 1 aromatic carbocycles. The third-order valence-corrected chi connectivity index (χ3v) is 2.55. The van der Waals surface area contributed by atoms with E-state index in [1.165, 1.54) is 0 Å². The fraction of sp³-hybridized carbons (Fsp3) is 0.364. The molecule has 0 radical (unpaired) electrons. The first-order chi connectivity index (χ1) is 6.12. The van der Waals surface area contributed by atoms with Crippen LogP contribution in [0.25, 0.3) is 0 Å². The van der Waals surface area contributed by atoms with Crippen LogP contribution in [0.5, 0.6) is 0 Å². The molecular formula is C11H11NO. The summed E-state index contributed by atoms with van der Waals surface area (Å²) in [6.07, 6.45) is 0. The molecule has 1 aliphatic heterocycles. The van der Waals surface area contributed by atoms with Crippen LogP contribution in [0.4, 0.5) is 0 Å². The highest BCUT2D eigenvalue weighted by Crippen LogP contribution is 2.54. The van der Waals surface area contributed by atoms with E-state index in [1.54, 1.807) is 0 Å². The molecule has 1 aliphatic rings. The van der Waals surface area contributed by atoms with E-state index in [4.69, 9.17) is 10.00 Å². The molecule has 0 spiro atoms. The molecule has 13 heavy (non-hydrogen) atoms. The summed E-state index contributed by atoms with van der Waals surface area (Å²) in [5, 5.41) is 9.07. The number of nitrogens with zero attached hydrogens (tertiary/aromatic N) is 1. The molecule has 1 atom stereocenters. The summed E-state index contributed by atoms with van der Waals surface area (Å²) in [4.78, 5) is 0. The van der Waals surface area contributed by atoms with E-state index >= 15 is 0 Å². The van der Waals surface area contributed by atoms with E-state index in [2.05, 4.69) is 6.07 Å². The van der Waals surface area contributed by atoms with Gasteiger partial charge in [0.25, 0.3) is 0 Å². The maximum atomic E-state index is 9.07. The maximum Gasteiger partial charge on any atom is 0.208 e. The Bertz CT molecular complexity index is 363. The van der Waals surface area contributed by atoms with Crippen LogP contribution in [-0.2, 0) is 10.3 Å². The fourth-order valence-corrected chi connectivity index (χ4v) is 1.66. The minimum absolute atomic E-state index is 0.344. The first-order valence-corrected chi connectivity index (χ1v) is 4.29. The maximum absolute atomic E-state index is 9.07. The molecule has 1 saturated heterocycles. The molecule has 1 fully saturated rings. The molecule has 66 valence electrons. The van der Waals surface area contributed by atoms with Gasteiger partial charge in [0, 0.05) is 5.56 Å². The summed E-state index contributed by atoms with van der Waals surface area (Å²) in [7, 11) is 0. The van der Waals surface area contributed by atoms with Crippen LogP contribution in [0.2, 0.25) is 0 Å². The molecule has 0 bridgehead atoms. The molecule has 1 heterocycles. The second kappa shape index (κ2) is 2.34. The Morgan fingerprint density at radius 3 is 2.15 bits per heavy atom. The predicted octanol–water partition coefficient (Wildman–Crippen LogP) is 2.21. The van der Waals surface area contributed by atoms with Gasteiger partial charge in [-0.05, 0) is 13.8 Å². The van der Waals surface area contributed by atoms with Crippen LogP contribution in [-0.4, -0.2) is 5.60 Å². The number of nitriles is 1. The highest BCUT2D eigenvalue weighted by Gasteiger charge is 2.65. The third-order valence-electron chi connectivity index (χ3n) is 2.55. The Morgan fingerprint density at radius 1 is 1.23 bits per heavy atom. The van der Waals surface area contributed by atoms with Crippen LogP contribution >= 0.6 is 0 Å². The molecule has 0 aromatic heterocycles. The van der Waals surface area contributed by atoms with Crippen molar-refractivity contribution in [1.29, 1.82) is 5.26 Å². The zero-order chi connectivity index (χ0) is 9.53. The van der Waals surface area contributed by atoms with E-state index in [9.17, 15) is 0 Å². The first kappa shape index (κ1) is 8.28. The zero-order valence-corrected chi connectivity index (χ0v) is 7.74. The van der Waals surface area contributed by atoms with Crippen molar-refractivity contribution < 1.29 is 4.74 Å². The quantitative estimate of drug-likeness (QED) is 0.610. The smallest absolute Gasteiger partial charge is 0.208 e. The van der Waals surface area contributed by atoms with E-state index < -0.39 is 5.60 Å². The Balaban J connectivity index is 2.44. The number of hydrogen-bond acceptors (Lipinski definition) is 2. The Hall–Kier alpha value is -1.33. The van der Waals surface area contributed by atoms with Gasteiger partial charge in [-0.1, -0.05) is 30.3 Å². The summed E-state index contributed by atoms with van der Waals surface area (Å²) in [6, 6.07) is 11.9. The number of rotatable bonds is 1. The first-order valence-electron chi connectivity index (χ1n) is 4.29. The van der Waals surface area contributed by atoms with E-state index in [0.29, 0.717) is 0 Å². The fourth-order valence-electron chi connectivity index (χ4n) is 1.66. The highest BCUT2D eigenvalue weighted by molar-refractivity contribution is 5.39. The van der Waals surface area contributed by atoms with Crippen molar-refractivity contribution in [2.45, 2.75) is 25.0 Å². The Labute approximate surface area is 77.8 Å². The Morgan fingerprint density at radius 2 is 1.77 bits per heavy atom. The van der Waals surface area contributed by atoms with Crippen molar-refractivity contribution in [2.24, 2.45) is 0 Å². The van der Waals surface area contributed by atoms with Crippen molar-refractivity contribution in [3.05, 3.63) is 35.9 Å². The van der Waals surface area contributed by atoms with Gasteiger partial charge in [-0.25, -0.2) is 0 Å². The van der Waals surface area contributed by atoms with Gasteiger partial charge in [0.1, 0.15) is 11.7 Å². The molecule has 0 saturated carbocycles. The lowest BCUT2D eigenvalue weighted by atomic mass is 9.90. The lowest BCUT2D eigenvalue weighted by Crippen LogP contribution is -2.15. The average molecular weight is 173 g/mol. The average Bonchev–Trinajstić information content (AvgIpc) is 2.72. The van der Waals surface area contributed by atoms with Crippen molar-refractivity contribution in [2.75, 3.05) is 0 Å². The molecule has 2 rings (SSSR count). The van der Waals surface area contributed by atoms with E-state index in [0.717, 1.165) is 5.56 Å². The number of hydrogen-bond donors (Lipinski definition) is 0. The minimum atomic E-state index is -0.714. The molecule has 0 aliphatic carbocycles. The summed E-state index contributed by atoms with van der Waals surface area (Å²) in [6.45, 7) is 3.87. The van der Waals surface area contributed by atoms with Crippen molar-refractivity contribution in [3.8, 4) is 6.07 Å². The van der Waals surface area contributed by atoms with Crippen molar-refractivity contribution in [1.82, 2.24) is 0 Å². The molecular weight excluding hydrogens is 162 g/mol. The molecule has 1 unspecified atom stereocenters. The van der Waals surface area contributed by atoms with Crippen LogP contribution in [0.15, 0.2) is 30.3 Å². The second-order valence-corrected chi connectivity index (χ2v) is 3.77. The van der Waals surface area contributed by atoms with Crippen LogP contribution < -0.4 is 0 Å².